The highest BCUT2D eigenvalue weighted by atomic mass is 28.2. The van der Waals surface area contributed by atoms with Gasteiger partial charge in [0, 0.05) is 0 Å². The molecule has 0 amide bonds. The van der Waals surface area contributed by atoms with Crippen molar-refractivity contribution in [1.29, 1.82) is 0 Å². The van der Waals surface area contributed by atoms with E-state index in [1.165, 1.54) is 0 Å². The molecule has 2 nitrogen and oxygen atoms in total. The van der Waals surface area contributed by atoms with Crippen LogP contribution in [0.4, 0.5) is 0 Å². The molecule has 0 radical (unpaired) electrons. The van der Waals surface area contributed by atoms with E-state index in [-0.39, 0.29) is 9.52 Å². The van der Waals surface area contributed by atoms with Gasteiger partial charge in [0.05, 0.1) is 9.52 Å². The van der Waals surface area contributed by atoms with Gasteiger partial charge >= 0.3 is 0 Å². The van der Waals surface area contributed by atoms with E-state index >= 15 is 0 Å². The first kappa shape index (κ1) is 11.1. The minimum atomic E-state index is 0.0170. The summed E-state index contributed by atoms with van der Waals surface area (Å²) in [4.78, 5) is 4.65. The van der Waals surface area contributed by atoms with E-state index in [0.717, 1.165) is 11.3 Å². The zero-order valence-electron chi connectivity index (χ0n) is 8.76. The predicted octanol–water partition coefficient (Wildman–Crippen LogP) is -0.0296. The summed E-state index contributed by atoms with van der Waals surface area (Å²) >= 11 is 0. The Kier molecular flexibility index (Phi) is 4.96. The SMILES string of the molecule is CC([SiH2]C(C)N(C)C)N(C)C. The highest BCUT2D eigenvalue weighted by molar-refractivity contribution is 6.39. The Hall–Kier alpha value is 0.137. The monoisotopic (exact) mass is 174 g/mol. The lowest BCUT2D eigenvalue weighted by molar-refractivity contribution is 0.356. The second-order valence-electron chi connectivity index (χ2n) is 3.86. The lowest BCUT2D eigenvalue weighted by Gasteiger charge is -2.26. The molecule has 0 heterocycles. The Morgan fingerprint density at radius 1 is 0.818 bits per heavy atom. The first-order chi connectivity index (χ1) is 4.95. The molecule has 0 aliphatic carbocycles. The van der Waals surface area contributed by atoms with Crippen molar-refractivity contribution in [2.24, 2.45) is 0 Å². The summed E-state index contributed by atoms with van der Waals surface area (Å²) < 4.78 is 0. The molecule has 0 fully saturated rings. The maximum Gasteiger partial charge on any atom is 0.0602 e. The molecule has 0 bridgehead atoms. The largest absolute Gasteiger partial charge is 0.310 e. The van der Waals surface area contributed by atoms with Gasteiger partial charge in [0.15, 0.2) is 0 Å². The molecular formula is C8H22N2Si. The van der Waals surface area contributed by atoms with E-state index < -0.39 is 0 Å². The van der Waals surface area contributed by atoms with E-state index in [9.17, 15) is 0 Å². The normalized spacial score (nSPS) is 18.5. The van der Waals surface area contributed by atoms with Crippen LogP contribution in [0.2, 0.25) is 0 Å². The van der Waals surface area contributed by atoms with Gasteiger partial charge in [-0.25, -0.2) is 0 Å². The maximum atomic E-state index is 2.33. The van der Waals surface area contributed by atoms with E-state index in [1.54, 1.807) is 0 Å². The van der Waals surface area contributed by atoms with Gasteiger partial charge in [-0.1, -0.05) is 13.8 Å². The van der Waals surface area contributed by atoms with Crippen LogP contribution in [-0.4, -0.2) is 58.8 Å². The summed E-state index contributed by atoms with van der Waals surface area (Å²) in [6.45, 7) is 4.65. The zero-order chi connectivity index (χ0) is 9.02. The van der Waals surface area contributed by atoms with Gasteiger partial charge in [-0.2, -0.15) is 0 Å². The van der Waals surface area contributed by atoms with Gasteiger partial charge < -0.3 is 9.80 Å². The van der Waals surface area contributed by atoms with Crippen LogP contribution in [0.3, 0.4) is 0 Å². The number of hydrogen-bond donors (Lipinski definition) is 0. The summed E-state index contributed by atoms with van der Waals surface area (Å²) in [7, 11) is 8.68. The molecule has 0 N–H and O–H groups in total. The van der Waals surface area contributed by atoms with Crippen molar-refractivity contribution < 1.29 is 0 Å². The van der Waals surface area contributed by atoms with E-state index in [4.69, 9.17) is 0 Å². The summed E-state index contributed by atoms with van der Waals surface area (Å²) in [6.07, 6.45) is 0. The Bertz CT molecular complexity index is 92.3. The number of rotatable bonds is 4. The highest BCUT2D eigenvalue weighted by Crippen LogP contribution is 1.96. The van der Waals surface area contributed by atoms with Crippen molar-refractivity contribution in [3.63, 3.8) is 0 Å². The summed E-state index contributed by atoms with van der Waals surface area (Å²) in [5.74, 6) is 0. The van der Waals surface area contributed by atoms with Gasteiger partial charge in [-0.05, 0) is 39.5 Å². The molecule has 2 unspecified atom stereocenters. The van der Waals surface area contributed by atoms with E-state index in [2.05, 4.69) is 51.8 Å². The number of hydrogen-bond acceptors (Lipinski definition) is 2. The molecule has 0 aliphatic heterocycles. The van der Waals surface area contributed by atoms with Crippen LogP contribution in [0, 0.1) is 0 Å². The molecule has 68 valence electrons. The second kappa shape index (κ2) is 4.90. The quantitative estimate of drug-likeness (QED) is 0.552. The maximum absolute atomic E-state index is 2.33. The molecule has 11 heavy (non-hydrogen) atoms. The van der Waals surface area contributed by atoms with Crippen molar-refractivity contribution in [1.82, 2.24) is 9.80 Å². The molecule has 0 aromatic heterocycles. The molecule has 0 rings (SSSR count). The average molecular weight is 174 g/mol. The molecule has 0 saturated heterocycles. The smallest absolute Gasteiger partial charge is 0.0602 e. The van der Waals surface area contributed by atoms with E-state index in [1.807, 2.05) is 0 Å². The molecular weight excluding hydrogens is 152 g/mol. The van der Waals surface area contributed by atoms with Crippen molar-refractivity contribution in [2.45, 2.75) is 25.2 Å². The summed E-state index contributed by atoms with van der Waals surface area (Å²) in [5, 5.41) is 0. The molecule has 2 atom stereocenters. The second-order valence-corrected chi connectivity index (χ2v) is 6.70. The first-order valence-corrected chi connectivity index (χ1v) is 5.91. The minimum absolute atomic E-state index is 0.0170. The third-order valence-electron chi connectivity index (χ3n) is 2.45. The third kappa shape index (κ3) is 4.56. The van der Waals surface area contributed by atoms with Crippen LogP contribution in [0.15, 0.2) is 0 Å². The van der Waals surface area contributed by atoms with Crippen molar-refractivity contribution in [3.05, 3.63) is 0 Å². The van der Waals surface area contributed by atoms with Gasteiger partial charge in [0.25, 0.3) is 0 Å². The van der Waals surface area contributed by atoms with Gasteiger partial charge in [-0.15, -0.1) is 0 Å². The molecule has 0 spiro atoms. The highest BCUT2D eigenvalue weighted by Gasteiger charge is 2.12. The first-order valence-electron chi connectivity index (χ1n) is 4.28. The van der Waals surface area contributed by atoms with Crippen LogP contribution in [-0.2, 0) is 0 Å². The molecule has 3 heteroatoms. The van der Waals surface area contributed by atoms with Crippen LogP contribution in [0.5, 0.6) is 0 Å². The Morgan fingerprint density at radius 3 is 1.27 bits per heavy atom. The zero-order valence-corrected chi connectivity index (χ0v) is 10.2. The van der Waals surface area contributed by atoms with Gasteiger partial charge in [0.2, 0.25) is 0 Å². The van der Waals surface area contributed by atoms with Crippen LogP contribution >= 0.6 is 0 Å². The van der Waals surface area contributed by atoms with Crippen LogP contribution in [0.25, 0.3) is 0 Å². The fourth-order valence-corrected chi connectivity index (χ4v) is 2.75. The predicted molar refractivity (Wildman–Crippen MR) is 54.8 cm³/mol. The topological polar surface area (TPSA) is 6.48 Å². The molecule has 0 aromatic carbocycles. The van der Waals surface area contributed by atoms with Gasteiger partial charge in [0.1, 0.15) is 0 Å². The number of nitrogens with zero attached hydrogens (tertiary/aromatic N) is 2. The van der Waals surface area contributed by atoms with Crippen molar-refractivity contribution >= 4 is 9.52 Å². The molecule has 0 saturated carbocycles. The lowest BCUT2D eigenvalue weighted by atomic mass is 10.6. The Balaban J connectivity index is 3.66. The van der Waals surface area contributed by atoms with Crippen molar-refractivity contribution in [3.8, 4) is 0 Å². The summed E-state index contributed by atoms with van der Waals surface area (Å²) in [5.41, 5.74) is 1.62. The third-order valence-corrected chi connectivity index (χ3v) is 5.27. The van der Waals surface area contributed by atoms with Gasteiger partial charge in [-0.3, -0.25) is 0 Å². The Labute approximate surface area is 73.4 Å². The van der Waals surface area contributed by atoms with Crippen LogP contribution < -0.4 is 0 Å². The lowest BCUT2D eigenvalue weighted by Crippen LogP contribution is -2.41. The summed E-state index contributed by atoms with van der Waals surface area (Å²) in [6, 6.07) is 0. The average Bonchev–Trinajstić information content (AvgIpc) is 1.87. The molecule has 0 aromatic rings. The van der Waals surface area contributed by atoms with E-state index in [0.29, 0.717) is 0 Å². The minimum Gasteiger partial charge on any atom is -0.310 e. The fourth-order valence-electron chi connectivity index (χ4n) is 0.915. The standard InChI is InChI=1S/C8H22N2Si/c1-7(9(3)4)11-8(2)10(5)6/h7-8H,11H2,1-6H3. The molecule has 0 aliphatic rings. The van der Waals surface area contributed by atoms with Crippen LogP contribution in [0.1, 0.15) is 13.8 Å². The fraction of sp³-hybridized carbons (Fsp3) is 1.00. The van der Waals surface area contributed by atoms with Crippen molar-refractivity contribution in [2.75, 3.05) is 28.2 Å². The Morgan fingerprint density at radius 2 is 1.09 bits per heavy atom.